The molecule has 0 bridgehead atoms. The van der Waals surface area contributed by atoms with E-state index in [1.54, 1.807) is 13.2 Å². The fraction of sp³-hybridized carbons (Fsp3) is 0.458. The normalized spacial score (nSPS) is 14.4. The third-order valence-electron chi connectivity index (χ3n) is 5.45. The van der Waals surface area contributed by atoms with Crippen molar-refractivity contribution >= 4 is 35.8 Å². The molecule has 174 valence electrons. The molecule has 1 aliphatic heterocycles. The zero-order chi connectivity index (χ0) is 21.9. The number of pyridine rings is 1. The van der Waals surface area contributed by atoms with E-state index in [1.807, 2.05) is 30.3 Å². The highest BCUT2D eigenvalue weighted by Gasteiger charge is 2.23. The lowest BCUT2D eigenvalue weighted by Crippen LogP contribution is -2.46. The first-order valence-corrected chi connectivity index (χ1v) is 11.0. The molecule has 0 saturated carbocycles. The smallest absolute Gasteiger partial charge is 0.220 e. The Morgan fingerprint density at radius 3 is 2.56 bits per heavy atom. The van der Waals surface area contributed by atoms with Crippen molar-refractivity contribution in [3.8, 4) is 5.75 Å². The lowest BCUT2D eigenvalue weighted by atomic mass is 9.93. The second-order valence-electron chi connectivity index (χ2n) is 7.73. The van der Waals surface area contributed by atoms with E-state index in [0.29, 0.717) is 25.5 Å². The number of hydrogen-bond acceptors (Lipinski definition) is 4. The number of benzene rings is 1. The minimum absolute atomic E-state index is 0. The minimum atomic E-state index is 0. The molecule has 2 N–H and O–H groups in total. The molecular weight excluding hydrogens is 517 g/mol. The standard InChI is InChI=1S/C24H33N5O2.HI/c1-3-26-24(29-14-11-19(12-15-29)16-23(30)25-2)28-17-20-7-9-22(10-8-20)31-18-21-6-4-5-13-27-21;/h4-10,13,19H,3,11-12,14-18H2,1-2H3,(H,25,30)(H,26,28);1H. The van der Waals surface area contributed by atoms with Crippen molar-refractivity contribution < 1.29 is 9.53 Å². The Labute approximate surface area is 208 Å². The number of piperidine rings is 1. The van der Waals surface area contributed by atoms with Gasteiger partial charge >= 0.3 is 0 Å². The number of nitrogens with zero attached hydrogens (tertiary/aromatic N) is 3. The van der Waals surface area contributed by atoms with Gasteiger partial charge in [0.25, 0.3) is 0 Å². The van der Waals surface area contributed by atoms with E-state index < -0.39 is 0 Å². The fourth-order valence-corrected chi connectivity index (χ4v) is 3.64. The van der Waals surface area contributed by atoms with Gasteiger partial charge < -0.3 is 20.3 Å². The molecule has 1 aromatic carbocycles. The van der Waals surface area contributed by atoms with Crippen molar-refractivity contribution in [2.75, 3.05) is 26.7 Å². The largest absolute Gasteiger partial charge is 0.487 e. The van der Waals surface area contributed by atoms with E-state index >= 15 is 0 Å². The molecular formula is C24H34IN5O2. The fourth-order valence-electron chi connectivity index (χ4n) is 3.64. The molecule has 2 heterocycles. The van der Waals surface area contributed by atoms with Crippen LogP contribution in [0.25, 0.3) is 0 Å². The van der Waals surface area contributed by atoms with Gasteiger partial charge in [0.1, 0.15) is 12.4 Å². The van der Waals surface area contributed by atoms with Gasteiger partial charge in [0, 0.05) is 39.3 Å². The summed E-state index contributed by atoms with van der Waals surface area (Å²) in [6.45, 7) is 5.83. The van der Waals surface area contributed by atoms with Gasteiger partial charge in [0.15, 0.2) is 5.96 Å². The molecule has 3 rings (SSSR count). The molecule has 1 saturated heterocycles. The van der Waals surface area contributed by atoms with Gasteiger partial charge in [-0.1, -0.05) is 18.2 Å². The summed E-state index contributed by atoms with van der Waals surface area (Å²) in [4.78, 5) is 23.0. The number of nitrogens with one attached hydrogen (secondary N) is 2. The van der Waals surface area contributed by atoms with E-state index in [4.69, 9.17) is 9.73 Å². The second kappa shape index (κ2) is 13.9. The molecule has 0 atom stereocenters. The SMILES string of the molecule is CCNC(=NCc1ccc(OCc2ccccn2)cc1)N1CCC(CC(=O)NC)CC1.I. The Kier molecular flexibility index (Phi) is 11.3. The van der Waals surface area contributed by atoms with Crippen LogP contribution in [0.2, 0.25) is 0 Å². The number of carbonyl (C=O) groups excluding carboxylic acids is 1. The van der Waals surface area contributed by atoms with Crippen LogP contribution >= 0.6 is 24.0 Å². The number of ether oxygens (including phenoxy) is 1. The highest BCUT2D eigenvalue weighted by molar-refractivity contribution is 14.0. The van der Waals surface area contributed by atoms with Gasteiger partial charge in [-0.25, -0.2) is 4.99 Å². The van der Waals surface area contributed by atoms with Gasteiger partial charge in [-0.05, 0) is 55.5 Å². The zero-order valence-corrected chi connectivity index (χ0v) is 21.2. The lowest BCUT2D eigenvalue weighted by molar-refractivity contribution is -0.121. The molecule has 32 heavy (non-hydrogen) atoms. The molecule has 7 nitrogen and oxygen atoms in total. The maximum absolute atomic E-state index is 11.6. The van der Waals surface area contributed by atoms with Crippen molar-refractivity contribution in [2.45, 2.75) is 39.3 Å². The van der Waals surface area contributed by atoms with Crippen molar-refractivity contribution in [2.24, 2.45) is 10.9 Å². The van der Waals surface area contributed by atoms with E-state index in [0.717, 1.165) is 55.4 Å². The van der Waals surface area contributed by atoms with Gasteiger partial charge in [-0.2, -0.15) is 0 Å². The number of carbonyl (C=O) groups is 1. The van der Waals surface area contributed by atoms with Crippen LogP contribution in [0.1, 0.15) is 37.4 Å². The maximum atomic E-state index is 11.6. The van der Waals surface area contributed by atoms with Crippen LogP contribution in [0.4, 0.5) is 0 Å². The van der Waals surface area contributed by atoms with Crippen LogP contribution in [0.3, 0.4) is 0 Å². The van der Waals surface area contributed by atoms with Crippen molar-refractivity contribution in [3.63, 3.8) is 0 Å². The van der Waals surface area contributed by atoms with E-state index in [2.05, 4.69) is 39.6 Å². The van der Waals surface area contributed by atoms with Crippen molar-refractivity contribution in [3.05, 3.63) is 59.9 Å². The molecule has 0 unspecified atom stereocenters. The molecule has 1 fully saturated rings. The Morgan fingerprint density at radius 1 is 1.19 bits per heavy atom. The number of guanidine groups is 1. The summed E-state index contributed by atoms with van der Waals surface area (Å²) >= 11 is 0. The van der Waals surface area contributed by atoms with Crippen LogP contribution < -0.4 is 15.4 Å². The minimum Gasteiger partial charge on any atom is -0.487 e. The van der Waals surface area contributed by atoms with E-state index in [-0.39, 0.29) is 29.9 Å². The predicted octanol–water partition coefficient (Wildman–Crippen LogP) is 3.59. The first-order valence-electron chi connectivity index (χ1n) is 11.0. The van der Waals surface area contributed by atoms with E-state index in [9.17, 15) is 4.79 Å². The second-order valence-corrected chi connectivity index (χ2v) is 7.73. The molecule has 1 amide bonds. The van der Waals surface area contributed by atoms with Gasteiger partial charge in [-0.15, -0.1) is 24.0 Å². The number of halogens is 1. The Balaban J connectivity index is 0.00000363. The first-order chi connectivity index (χ1) is 15.2. The molecule has 1 aliphatic rings. The summed E-state index contributed by atoms with van der Waals surface area (Å²) in [6.07, 6.45) is 4.42. The van der Waals surface area contributed by atoms with Crippen molar-refractivity contribution in [1.82, 2.24) is 20.5 Å². The summed E-state index contributed by atoms with van der Waals surface area (Å²) in [6, 6.07) is 13.9. The van der Waals surface area contributed by atoms with E-state index in [1.165, 1.54) is 0 Å². The molecule has 1 aromatic heterocycles. The summed E-state index contributed by atoms with van der Waals surface area (Å²) in [5.41, 5.74) is 2.04. The van der Waals surface area contributed by atoms with Gasteiger partial charge in [0.2, 0.25) is 5.91 Å². The van der Waals surface area contributed by atoms with Gasteiger partial charge in [-0.3, -0.25) is 9.78 Å². The quantitative estimate of drug-likeness (QED) is 0.298. The third-order valence-corrected chi connectivity index (χ3v) is 5.45. The number of aromatic nitrogens is 1. The molecule has 2 aromatic rings. The molecule has 0 spiro atoms. The van der Waals surface area contributed by atoms with Crippen LogP contribution in [-0.4, -0.2) is 48.4 Å². The Bertz CT molecular complexity index is 837. The average Bonchev–Trinajstić information content (AvgIpc) is 2.82. The summed E-state index contributed by atoms with van der Waals surface area (Å²) in [7, 11) is 1.70. The Hall–Kier alpha value is -2.36. The lowest BCUT2D eigenvalue weighted by Gasteiger charge is -2.34. The zero-order valence-electron chi connectivity index (χ0n) is 18.9. The van der Waals surface area contributed by atoms with Crippen LogP contribution in [0.15, 0.2) is 53.7 Å². The Morgan fingerprint density at radius 2 is 1.94 bits per heavy atom. The highest BCUT2D eigenvalue weighted by Crippen LogP contribution is 2.21. The number of aliphatic imine (C=N–C) groups is 1. The number of hydrogen-bond donors (Lipinski definition) is 2. The number of rotatable bonds is 8. The maximum Gasteiger partial charge on any atom is 0.220 e. The van der Waals surface area contributed by atoms with Crippen LogP contribution in [-0.2, 0) is 17.9 Å². The summed E-state index contributed by atoms with van der Waals surface area (Å²) < 4.78 is 5.80. The third kappa shape index (κ3) is 8.29. The number of likely N-dealkylation sites (tertiary alicyclic amines) is 1. The topological polar surface area (TPSA) is 78.9 Å². The number of amides is 1. The molecule has 0 aliphatic carbocycles. The van der Waals surface area contributed by atoms with Gasteiger partial charge in [0.05, 0.1) is 12.2 Å². The molecule has 8 heteroatoms. The summed E-state index contributed by atoms with van der Waals surface area (Å²) in [5, 5.41) is 6.13. The monoisotopic (exact) mass is 551 g/mol. The molecule has 0 radical (unpaired) electrons. The van der Waals surface area contributed by atoms with Crippen LogP contribution in [0.5, 0.6) is 5.75 Å². The first kappa shape index (κ1) is 25.9. The van der Waals surface area contributed by atoms with Crippen LogP contribution in [0, 0.1) is 5.92 Å². The average molecular weight is 551 g/mol. The predicted molar refractivity (Wildman–Crippen MR) is 138 cm³/mol. The summed E-state index contributed by atoms with van der Waals surface area (Å²) in [5.74, 6) is 2.35. The highest BCUT2D eigenvalue weighted by atomic mass is 127. The van der Waals surface area contributed by atoms with Crippen molar-refractivity contribution in [1.29, 1.82) is 0 Å².